The molecule has 0 aliphatic heterocycles. The first-order valence-electron chi connectivity index (χ1n) is 6.61. The van der Waals surface area contributed by atoms with Gasteiger partial charge in [0.1, 0.15) is 5.58 Å². The van der Waals surface area contributed by atoms with E-state index in [1.807, 2.05) is 19.1 Å². The van der Waals surface area contributed by atoms with Crippen molar-refractivity contribution in [1.82, 2.24) is 0 Å². The average molecular weight is 373 g/mol. The van der Waals surface area contributed by atoms with E-state index in [2.05, 4.69) is 24.8 Å². The Morgan fingerprint density at radius 1 is 1.08 bits per heavy atom. The first-order valence-corrected chi connectivity index (χ1v) is 7.95. The fourth-order valence-electron chi connectivity index (χ4n) is 2.10. The first kappa shape index (κ1) is 26.3. The summed E-state index contributed by atoms with van der Waals surface area (Å²) in [5.74, 6) is 0. The van der Waals surface area contributed by atoms with E-state index in [4.69, 9.17) is 21.9 Å². The fraction of sp³-hybridized carbons (Fsp3) is 0.357. The molecule has 1 aromatic heterocycles. The Morgan fingerprint density at radius 2 is 1.58 bits per heavy atom. The van der Waals surface area contributed by atoms with Crippen molar-refractivity contribution in [3.63, 3.8) is 0 Å². The number of nitrogens with zero attached hydrogens (tertiary/aromatic N) is 1. The summed E-state index contributed by atoms with van der Waals surface area (Å²) < 4.78 is 39.3. The van der Waals surface area contributed by atoms with Gasteiger partial charge in [-0.15, -0.1) is 0 Å². The number of hydrogen-bond donors (Lipinski definition) is 0. The minimum absolute atomic E-state index is 0. The minimum atomic E-state index is -5.17. The molecule has 0 saturated heterocycles. The van der Waals surface area contributed by atoms with Crippen LogP contribution in [0.4, 0.5) is 5.69 Å². The molecule has 0 saturated carbocycles. The second-order valence-electron chi connectivity index (χ2n) is 4.51. The molecule has 1 aromatic carbocycles. The summed E-state index contributed by atoms with van der Waals surface area (Å²) in [6.07, 6.45) is 0. The third-order valence-corrected chi connectivity index (χ3v) is 3.06. The number of anilines is 1. The van der Waals surface area contributed by atoms with Gasteiger partial charge >= 0.3 is 64.7 Å². The Bertz CT molecular complexity index is 795. The van der Waals surface area contributed by atoms with Gasteiger partial charge < -0.3 is 18.4 Å². The molecular formula is C14H17NNa2O6S. The molecule has 0 aliphatic carbocycles. The van der Waals surface area contributed by atoms with Gasteiger partial charge in [-0.3, -0.25) is 8.42 Å². The van der Waals surface area contributed by atoms with Gasteiger partial charge in [-0.2, -0.15) is 0 Å². The molecule has 0 unspecified atom stereocenters. The summed E-state index contributed by atoms with van der Waals surface area (Å²) in [6.45, 7) is 8.03. The van der Waals surface area contributed by atoms with Gasteiger partial charge in [0.05, 0.1) is 0 Å². The van der Waals surface area contributed by atoms with E-state index in [-0.39, 0.29) is 64.7 Å². The molecule has 2 aromatic rings. The summed E-state index contributed by atoms with van der Waals surface area (Å²) in [4.78, 5) is 13.6. The number of aryl methyl sites for hydroxylation is 1. The Morgan fingerprint density at radius 3 is 2.04 bits per heavy atom. The molecule has 10 heteroatoms. The van der Waals surface area contributed by atoms with Crippen LogP contribution in [0.1, 0.15) is 19.4 Å². The standard InChI is InChI=1S/C14H17NO2.2Na.H2O4S/c1-4-15(5-2)11-6-7-12-10(3)8-14(16)17-13(12)9-11;;;1-5(2,3)4/h6-9H,4-5H2,1-3H3;;;(H2,1,2,3,4)/q;2*+1;/p-2. The molecule has 24 heavy (non-hydrogen) atoms. The molecule has 0 aliphatic rings. The zero-order valence-corrected chi connectivity index (χ0v) is 19.3. The van der Waals surface area contributed by atoms with Gasteiger partial charge in [0.15, 0.2) is 0 Å². The predicted molar refractivity (Wildman–Crippen MR) is 81.3 cm³/mol. The Balaban J connectivity index is 0. The molecule has 0 fully saturated rings. The first-order chi connectivity index (χ1) is 10.2. The van der Waals surface area contributed by atoms with Crippen LogP contribution in [-0.4, -0.2) is 30.6 Å². The number of hydrogen-bond acceptors (Lipinski definition) is 7. The van der Waals surface area contributed by atoms with E-state index in [0.717, 1.165) is 29.7 Å². The van der Waals surface area contributed by atoms with Crippen molar-refractivity contribution >= 4 is 27.1 Å². The molecule has 0 spiro atoms. The number of benzene rings is 1. The van der Waals surface area contributed by atoms with Crippen LogP contribution in [0, 0.1) is 6.92 Å². The van der Waals surface area contributed by atoms with Crippen molar-refractivity contribution < 1.29 is 81.1 Å². The second-order valence-corrected chi connectivity index (χ2v) is 5.33. The van der Waals surface area contributed by atoms with Crippen LogP contribution < -0.4 is 69.6 Å². The molecule has 0 bridgehead atoms. The number of fused-ring (bicyclic) bond motifs is 1. The smallest absolute Gasteiger partial charge is 0.759 e. The van der Waals surface area contributed by atoms with Gasteiger partial charge in [-0.25, -0.2) is 4.79 Å². The van der Waals surface area contributed by atoms with Gasteiger partial charge in [0.25, 0.3) is 0 Å². The Hall–Kier alpha value is 0.1000. The van der Waals surface area contributed by atoms with E-state index in [0.29, 0.717) is 5.58 Å². The average Bonchev–Trinajstić information content (AvgIpc) is 2.37. The van der Waals surface area contributed by atoms with Crippen molar-refractivity contribution in [2.45, 2.75) is 20.8 Å². The molecule has 0 N–H and O–H groups in total. The maximum Gasteiger partial charge on any atom is 1.00 e. The van der Waals surface area contributed by atoms with Gasteiger partial charge in [-0.1, -0.05) is 0 Å². The quantitative estimate of drug-likeness (QED) is 0.231. The van der Waals surface area contributed by atoms with Gasteiger partial charge in [-0.05, 0) is 38.5 Å². The van der Waals surface area contributed by atoms with Gasteiger partial charge in [0, 0.05) is 46.7 Å². The normalized spacial score (nSPS) is 10.0. The molecule has 7 nitrogen and oxygen atoms in total. The molecule has 1 heterocycles. The third-order valence-electron chi connectivity index (χ3n) is 3.06. The topological polar surface area (TPSA) is 114 Å². The fourth-order valence-corrected chi connectivity index (χ4v) is 2.10. The van der Waals surface area contributed by atoms with Crippen molar-refractivity contribution in [2.75, 3.05) is 18.0 Å². The zero-order chi connectivity index (χ0) is 16.9. The van der Waals surface area contributed by atoms with E-state index >= 15 is 0 Å². The molecular weight excluding hydrogens is 356 g/mol. The summed E-state index contributed by atoms with van der Waals surface area (Å²) in [5.41, 5.74) is 2.43. The predicted octanol–water partition coefficient (Wildman–Crippen LogP) is -4.38. The molecule has 0 atom stereocenters. The van der Waals surface area contributed by atoms with Crippen LogP contribution in [0.3, 0.4) is 0 Å². The van der Waals surface area contributed by atoms with Crippen molar-refractivity contribution in [3.8, 4) is 0 Å². The third kappa shape index (κ3) is 8.98. The van der Waals surface area contributed by atoms with Crippen LogP contribution in [0.2, 0.25) is 0 Å². The molecule has 0 radical (unpaired) electrons. The summed E-state index contributed by atoms with van der Waals surface area (Å²) in [5, 5.41) is 1.00. The largest absolute Gasteiger partial charge is 1.00 e. The number of rotatable bonds is 3. The van der Waals surface area contributed by atoms with E-state index < -0.39 is 10.4 Å². The van der Waals surface area contributed by atoms with Crippen LogP contribution in [0.15, 0.2) is 33.5 Å². The van der Waals surface area contributed by atoms with Crippen LogP contribution in [0.5, 0.6) is 0 Å². The summed E-state index contributed by atoms with van der Waals surface area (Å²) in [6, 6.07) is 7.56. The second kappa shape index (κ2) is 11.7. The zero-order valence-electron chi connectivity index (χ0n) is 14.5. The van der Waals surface area contributed by atoms with Crippen LogP contribution in [0.25, 0.3) is 11.0 Å². The SMILES string of the molecule is CCN(CC)c1ccc2c(C)cc(=O)oc2c1.O=S(=O)([O-])[O-].[Na+].[Na+]. The Kier molecular flexibility index (Phi) is 12.8. The Labute approximate surface area is 185 Å². The van der Waals surface area contributed by atoms with Crippen LogP contribution >= 0.6 is 0 Å². The van der Waals surface area contributed by atoms with Crippen molar-refractivity contribution in [1.29, 1.82) is 0 Å². The maximum atomic E-state index is 11.3. The van der Waals surface area contributed by atoms with Crippen LogP contribution in [-0.2, 0) is 10.4 Å². The van der Waals surface area contributed by atoms with E-state index in [1.165, 1.54) is 6.07 Å². The van der Waals surface area contributed by atoms with Crippen molar-refractivity contribution in [2.24, 2.45) is 0 Å². The summed E-state index contributed by atoms with van der Waals surface area (Å²) in [7, 11) is -5.17. The monoisotopic (exact) mass is 373 g/mol. The van der Waals surface area contributed by atoms with Crippen molar-refractivity contribution in [3.05, 3.63) is 40.2 Å². The minimum Gasteiger partial charge on any atom is -0.759 e. The van der Waals surface area contributed by atoms with E-state index in [9.17, 15) is 4.79 Å². The molecule has 0 amide bonds. The molecule has 2 rings (SSSR count). The molecule has 122 valence electrons. The van der Waals surface area contributed by atoms with Gasteiger partial charge in [0.2, 0.25) is 0 Å². The summed E-state index contributed by atoms with van der Waals surface area (Å²) >= 11 is 0. The maximum absolute atomic E-state index is 11.3. The van der Waals surface area contributed by atoms with E-state index in [1.54, 1.807) is 0 Å².